The van der Waals surface area contributed by atoms with Gasteiger partial charge in [0.15, 0.2) is 5.76 Å². The average Bonchev–Trinajstić information content (AvgIpc) is 3.44. The van der Waals surface area contributed by atoms with Crippen LogP contribution in [0, 0.1) is 0 Å². The molecule has 0 radical (unpaired) electrons. The third-order valence-corrected chi connectivity index (χ3v) is 6.01. The molecule has 1 aliphatic heterocycles. The molecule has 1 unspecified atom stereocenters. The summed E-state index contributed by atoms with van der Waals surface area (Å²) in [6.45, 7) is 2.05. The molecule has 27 heavy (non-hydrogen) atoms. The van der Waals surface area contributed by atoms with Gasteiger partial charge in [-0.05, 0) is 29.0 Å². The molecule has 3 aromatic rings. The lowest BCUT2D eigenvalue weighted by Gasteiger charge is -2.24. The summed E-state index contributed by atoms with van der Waals surface area (Å²) in [6.07, 6.45) is 0.881. The average molecular weight is 397 g/mol. The van der Waals surface area contributed by atoms with E-state index >= 15 is 0 Å². The topological polar surface area (TPSA) is 83.4 Å². The van der Waals surface area contributed by atoms with E-state index < -0.39 is 17.7 Å². The lowest BCUT2D eigenvalue weighted by Crippen LogP contribution is -2.31. The molecule has 0 bridgehead atoms. The van der Waals surface area contributed by atoms with Gasteiger partial charge in [0.25, 0.3) is 5.91 Å². The molecule has 1 amide bonds. The Hall–Kier alpha value is -2.84. The molecule has 136 valence electrons. The van der Waals surface area contributed by atoms with Crippen molar-refractivity contribution in [3.63, 3.8) is 0 Å². The van der Waals surface area contributed by atoms with Crippen LogP contribution in [0.4, 0.5) is 5.13 Å². The van der Waals surface area contributed by atoms with E-state index in [-0.39, 0.29) is 11.4 Å². The smallest absolute Gasteiger partial charge is 0.296 e. The molecule has 1 aliphatic rings. The molecule has 8 heteroatoms. The summed E-state index contributed by atoms with van der Waals surface area (Å²) in [5.74, 6) is -1.53. The van der Waals surface area contributed by atoms with Crippen LogP contribution in [0.3, 0.4) is 0 Å². The summed E-state index contributed by atoms with van der Waals surface area (Å²) in [4.78, 5) is 27.7. The molecule has 0 spiro atoms. The minimum atomic E-state index is -0.744. The minimum Gasteiger partial charge on any atom is -0.503 e. The molecule has 1 aromatic carbocycles. The van der Waals surface area contributed by atoms with Gasteiger partial charge in [0.1, 0.15) is 5.51 Å². The van der Waals surface area contributed by atoms with Crippen molar-refractivity contribution in [2.45, 2.75) is 19.4 Å². The van der Waals surface area contributed by atoms with Crippen molar-refractivity contribution < 1.29 is 14.7 Å². The van der Waals surface area contributed by atoms with Crippen LogP contribution in [0.15, 0.2) is 58.6 Å². The number of amides is 1. The Morgan fingerprint density at radius 3 is 2.59 bits per heavy atom. The van der Waals surface area contributed by atoms with Gasteiger partial charge in [-0.1, -0.05) is 48.6 Å². The van der Waals surface area contributed by atoms with Gasteiger partial charge in [0, 0.05) is 0 Å². The Morgan fingerprint density at radius 2 is 2.00 bits per heavy atom. The van der Waals surface area contributed by atoms with E-state index in [9.17, 15) is 14.7 Å². The lowest BCUT2D eigenvalue weighted by molar-refractivity contribution is -0.117. The van der Waals surface area contributed by atoms with Crippen LogP contribution >= 0.6 is 22.7 Å². The molecule has 1 N–H and O–H groups in total. The zero-order valence-corrected chi connectivity index (χ0v) is 16.0. The van der Waals surface area contributed by atoms with Gasteiger partial charge in [0.05, 0.1) is 16.5 Å². The first-order valence-corrected chi connectivity index (χ1v) is 10.1. The van der Waals surface area contributed by atoms with Gasteiger partial charge in [0.2, 0.25) is 10.9 Å². The third-order valence-electron chi connectivity index (χ3n) is 4.46. The van der Waals surface area contributed by atoms with E-state index in [1.54, 1.807) is 17.5 Å². The van der Waals surface area contributed by atoms with E-state index in [1.165, 1.54) is 33.1 Å². The molecule has 2 aromatic heterocycles. The number of Topliss-reactive ketones (excluding diaryl/α,β-unsaturated/α-hetero) is 1. The van der Waals surface area contributed by atoms with Crippen molar-refractivity contribution in [1.29, 1.82) is 0 Å². The van der Waals surface area contributed by atoms with Gasteiger partial charge < -0.3 is 5.11 Å². The van der Waals surface area contributed by atoms with E-state index in [4.69, 9.17) is 0 Å². The van der Waals surface area contributed by atoms with Crippen molar-refractivity contribution in [2.75, 3.05) is 4.90 Å². The number of aromatic nitrogens is 2. The first-order valence-electron chi connectivity index (χ1n) is 8.31. The predicted octanol–water partition coefficient (Wildman–Crippen LogP) is 3.94. The highest BCUT2D eigenvalue weighted by molar-refractivity contribution is 7.13. The minimum absolute atomic E-state index is 0.0712. The van der Waals surface area contributed by atoms with Crippen LogP contribution in [0.2, 0.25) is 0 Å². The summed E-state index contributed by atoms with van der Waals surface area (Å²) in [7, 11) is 0. The van der Waals surface area contributed by atoms with Crippen LogP contribution in [0.25, 0.3) is 0 Å². The number of benzene rings is 1. The largest absolute Gasteiger partial charge is 0.503 e. The number of aliphatic hydroxyl groups excluding tert-OH is 1. The number of ketones is 1. The Morgan fingerprint density at radius 1 is 1.22 bits per heavy atom. The maximum Gasteiger partial charge on any atom is 0.296 e. The summed E-state index contributed by atoms with van der Waals surface area (Å²) in [5.41, 5.74) is 3.46. The molecule has 1 atom stereocenters. The van der Waals surface area contributed by atoms with Gasteiger partial charge in [-0.2, -0.15) is 0 Å². The number of aliphatic hydroxyl groups is 1. The normalized spacial score (nSPS) is 17.0. The standard InChI is InChI=1S/C19H15N3O3S2/c1-2-11-5-7-12(8-6-11)15-14(16(23)13-4-3-9-26-13)17(24)18(25)22(15)19-21-20-10-27-19/h3-10,15,24H,2H2,1H3. The molecule has 0 saturated carbocycles. The highest BCUT2D eigenvalue weighted by Gasteiger charge is 2.46. The van der Waals surface area contributed by atoms with E-state index in [0.29, 0.717) is 10.0 Å². The highest BCUT2D eigenvalue weighted by atomic mass is 32.1. The third kappa shape index (κ3) is 2.96. The number of carbonyl (C=O) groups excluding carboxylic acids is 2. The van der Waals surface area contributed by atoms with Crippen LogP contribution in [0.5, 0.6) is 0 Å². The van der Waals surface area contributed by atoms with Crippen molar-refractivity contribution >= 4 is 39.5 Å². The lowest BCUT2D eigenvalue weighted by atomic mass is 9.94. The quantitative estimate of drug-likeness (QED) is 0.659. The van der Waals surface area contributed by atoms with Crippen LogP contribution in [-0.4, -0.2) is 27.0 Å². The van der Waals surface area contributed by atoms with Crippen molar-refractivity contribution in [2.24, 2.45) is 0 Å². The fraction of sp³-hybridized carbons (Fsp3) is 0.158. The molecular formula is C19H15N3O3S2. The Balaban J connectivity index is 1.86. The van der Waals surface area contributed by atoms with Gasteiger partial charge in [-0.25, -0.2) is 0 Å². The van der Waals surface area contributed by atoms with Gasteiger partial charge in [-0.15, -0.1) is 21.5 Å². The fourth-order valence-electron chi connectivity index (χ4n) is 3.10. The maximum atomic E-state index is 13.1. The molecule has 4 rings (SSSR count). The molecule has 0 aliphatic carbocycles. The van der Waals surface area contributed by atoms with Crippen LogP contribution in [0.1, 0.15) is 33.8 Å². The zero-order chi connectivity index (χ0) is 19.0. The SMILES string of the molecule is CCc1ccc(C2C(C(=O)c3cccs3)=C(O)C(=O)N2c2nncs2)cc1. The Labute approximate surface area is 163 Å². The molecule has 0 saturated heterocycles. The first-order chi connectivity index (χ1) is 13.1. The van der Waals surface area contributed by atoms with Crippen molar-refractivity contribution in [3.05, 3.63) is 74.6 Å². The van der Waals surface area contributed by atoms with Gasteiger partial charge >= 0.3 is 0 Å². The predicted molar refractivity (Wildman–Crippen MR) is 104 cm³/mol. The summed E-state index contributed by atoms with van der Waals surface area (Å²) in [6, 6.07) is 10.4. The van der Waals surface area contributed by atoms with Crippen molar-refractivity contribution in [1.82, 2.24) is 10.2 Å². The summed E-state index contributed by atoms with van der Waals surface area (Å²) < 4.78 is 0. The number of carbonyl (C=O) groups is 2. The monoisotopic (exact) mass is 397 g/mol. The van der Waals surface area contributed by atoms with Crippen LogP contribution in [-0.2, 0) is 11.2 Å². The number of aryl methyl sites for hydroxylation is 1. The summed E-state index contributed by atoms with van der Waals surface area (Å²) >= 11 is 2.45. The highest BCUT2D eigenvalue weighted by Crippen LogP contribution is 2.42. The van der Waals surface area contributed by atoms with Gasteiger partial charge in [-0.3, -0.25) is 14.5 Å². The summed E-state index contributed by atoms with van der Waals surface area (Å²) in [5, 5.41) is 20.5. The maximum absolute atomic E-state index is 13.1. The number of hydrogen-bond donors (Lipinski definition) is 1. The van der Waals surface area contributed by atoms with E-state index in [0.717, 1.165) is 17.5 Å². The fourth-order valence-corrected chi connectivity index (χ4v) is 4.36. The second kappa shape index (κ2) is 7.05. The number of nitrogens with zero attached hydrogens (tertiary/aromatic N) is 3. The van der Waals surface area contributed by atoms with Crippen LogP contribution < -0.4 is 4.90 Å². The molecule has 0 fully saturated rings. The van der Waals surface area contributed by atoms with Crippen molar-refractivity contribution in [3.8, 4) is 0 Å². The number of anilines is 1. The molecule has 3 heterocycles. The second-order valence-electron chi connectivity index (χ2n) is 5.96. The first kappa shape index (κ1) is 17.6. The molecule has 6 nitrogen and oxygen atoms in total. The zero-order valence-electron chi connectivity index (χ0n) is 14.3. The van der Waals surface area contributed by atoms with E-state index in [2.05, 4.69) is 17.1 Å². The number of thiophene rings is 1. The second-order valence-corrected chi connectivity index (χ2v) is 7.72. The molecular weight excluding hydrogens is 382 g/mol. The number of rotatable bonds is 5. The van der Waals surface area contributed by atoms with E-state index in [1.807, 2.05) is 24.3 Å². The Bertz CT molecular complexity index is 1010. The number of hydrogen-bond acceptors (Lipinski definition) is 7. The Kier molecular flexibility index (Phi) is 4.59.